The second kappa shape index (κ2) is 8.75. The van der Waals surface area contributed by atoms with Crippen LogP contribution in [0.15, 0.2) is 35.2 Å². The molecule has 0 bridgehead atoms. The monoisotopic (exact) mass is 427 g/mol. The van der Waals surface area contributed by atoms with E-state index in [4.69, 9.17) is 0 Å². The van der Waals surface area contributed by atoms with Crippen molar-refractivity contribution < 1.29 is 27.5 Å². The lowest BCUT2D eigenvalue weighted by atomic mass is 9.97. The van der Waals surface area contributed by atoms with Crippen LogP contribution in [-0.4, -0.2) is 21.9 Å². The van der Waals surface area contributed by atoms with Crippen molar-refractivity contribution in [3.05, 3.63) is 59.2 Å². The number of benzene rings is 2. The average molecular weight is 427 g/mol. The highest BCUT2D eigenvalue weighted by Crippen LogP contribution is 2.38. The highest BCUT2D eigenvalue weighted by atomic mass is 32.2. The van der Waals surface area contributed by atoms with E-state index in [9.17, 15) is 27.5 Å². The van der Waals surface area contributed by atoms with Gasteiger partial charge < -0.3 is 10.4 Å². The Morgan fingerprint density at radius 2 is 1.79 bits per heavy atom. The fourth-order valence-corrected chi connectivity index (χ4v) is 4.88. The number of amides is 1. The molecule has 0 spiro atoms. The van der Waals surface area contributed by atoms with E-state index in [0.717, 1.165) is 25.3 Å². The first-order chi connectivity index (χ1) is 13.6. The molecule has 2 aromatic carbocycles. The third-order valence-corrected chi connectivity index (χ3v) is 6.19. The van der Waals surface area contributed by atoms with Crippen molar-refractivity contribution >= 4 is 23.4 Å². The van der Waals surface area contributed by atoms with Crippen LogP contribution in [0, 0.1) is 23.3 Å². The maximum Gasteiger partial charge on any atom is 0.255 e. The Bertz CT molecular complexity index is 897. The maximum atomic E-state index is 14.3. The van der Waals surface area contributed by atoms with Crippen LogP contribution < -0.4 is 5.32 Å². The van der Waals surface area contributed by atoms with E-state index in [2.05, 4.69) is 5.32 Å². The largest absolute Gasteiger partial charge is 0.390 e. The lowest BCUT2D eigenvalue weighted by Gasteiger charge is -2.25. The second-order valence-corrected chi connectivity index (χ2v) is 8.88. The van der Waals surface area contributed by atoms with E-state index in [-0.39, 0.29) is 21.4 Å². The Labute approximate surface area is 170 Å². The fourth-order valence-electron chi connectivity index (χ4n) is 3.42. The zero-order valence-corrected chi connectivity index (χ0v) is 16.6. The van der Waals surface area contributed by atoms with Crippen molar-refractivity contribution in [3.8, 4) is 0 Å². The second-order valence-electron chi connectivity index (χ2n) is 7.54. The molecule has 0 saturated heterocycles. The topological polar surface area (TPSA) is 49.3 Å². The van der Waals surface area contributed by atoms with Crippen LogP contribution in [0.2, 0.25) is 0 Å². The number of carbonyl (C=O) groups excluding carboxylic acids is 1. The van der Waals surface area contributed by atoms with Gasteiger partial charge in [-0.15, -0.1) is 11.8 Å². The van der Waals surface area contributed by atoms with Gasteiger partial charge in [0.2, 0.25) is 0 Å². The first-order valence-electron chi connectivity index (χ1n) is 9.29. The SMILES string of the molecule is C[C@]1(O)CCCC[C@@H](Sc2cc(C(=O)Nc3cc(F)c(F)c(F)c3)ccc2F)C1. The van der Waals surface area contributed by atoms with Gasteiger partial charge in [-0.2, -0.15) is 0 Å². The average Bonchev–Trinajstić information content (AvgIpc) is 2.81. The number of rotatable bonds is 4. The van der Waals surface area contributed by atoms with Gasteiger partial charge in [0.15, 0.2) is 17.5 Å². The molecule has 0 aliphatic heterocycles. The predicted octanol–water partition coefficient (Wildman–Crippen LogP) is 5.67. The first-order valence-corrected chi connectivity index (χ1v) is 10.2. The van der Waals surface area contributed by atoms with Gasteiger partial charge in [-0.05, 0) is 44.4 Å². The fraction of sp³-hybridized carbons (Fsp3) is 0.381. The van der Waals surface area contributed by atoms with E-state index < -0.39 is 34.8 Å². The molecule has 3 rings (SSSR count). The Hall–Kier alpha value is -2.06. The molecule has 1 fully saturated rings. The number of hydrogen-bond donors (Lipinski definition) is 2. The third kappa shape index (κ3) is 5.51. The molecule has 1 saturated carbocycles. The summed E-state index contributed by atoms with van der Waals surface area (Å²) in [7, 11) is 0. The summed E-state index contributed by atoms with van der Waals surface area (Å²) in [6.45, 7) is 1.77. The molecule has 8 heteroatoms. The lowest BCUT2D eigenvalue weighted by Crippen LogP contribution is -2.26. The summed E-state index contributed by atoms with van der Waals surface area (Å²) in [5.41, 5.74) is -0.958. The Morgan fingerprint density at radius 1 is 1.10 bits per heavy atom. The zero-order valence-electron chi connectivity index (χ0n) is 15.8. The quantitative estimate of drug-likeness (QED) is 0.375. The van der Waals surface area contributed by atoms with Crippen LogP contribution in [0.3, 0.4) is 0 Å². The minimum atomic E-state index is -1.62. The van der Waals surface area contributed by atoms with Crippen LogP contribution in [0.4, 0.5) is 23.2 Å². The normalized spacial score (nSPS) is 22.2. The van der Waals surface area contributed by atoms with E-state index in [0.29, 0.717) is 25.0 Å². The summed E-state index contributed by atoms with van der Waals surface area (Å²) in [4.78, 5) is 12.7. The van der Waals surface area contributed by atoms with Gasteiger partial charge in [0, 0.05) is 33.5 Å². The summed E-state index contributed by atoms with van der Waals surface area (Å²) < 4.78 is 54.0. The van der Waals surface area contributed by atoms with Crippen molar-refractivity contribution in [3.63, 3.8) is 0 Å². The van der Waals surface area contributed by atoms with Crippen molar-refractivity contribution in [2.24, 2.45) is 0 Å². The van der Waals surface area contributed by atoms with E-state index in [1.165, 1.54) is 23.9 Å². The van der Waals surface area contributed by atoms with Crippen molar-refractivity contribution in [1.29, 1.82) is 0 Å². The summed E-state index contributed by atoms with van der Waals surface area (Å²) >= 11 is 1.27. The van der Waals surface area contributed by atoms with Crippen molar-refractivity contribution in [2.75, 3.05) is 5.32 Å². The number of hydrogen-bond acceptors (Lipinski definition) is 3. The molecule has 2 atom stereocenters. The number of nitrogens with one attached hydrogen (secondary N) is 1. The lowest BCUT2D eigenvalue weighted by molar-refractivity contribution is 0.0457. The smallest absolute Gasteiger partial charge is 0.255 e. The Morgan fingerprint density at radius 3 is 2.48 bits per heavy atom. The highest BCUT2D eigenvalue weighted by molar-refractivity contribution is 8.00. The highest BCUT2D eigenvalue weighted by Gasteiger charge is 2.29. The van der Waals surface area contributed by atoms with Crippen molar-refractivity contribution in [2.45, 2.75) is 54.8 Å². The van der Waals surface area contributed by atoms with Gasteiger partial charge in [0.05, 0.1) is 5.60 Å². The molecule has 0 radical (unpaired) electrons. The van der Waals surface area contributed by atoms with Crippen LogP contribution in [0.5, 0.6) is 0 Å². The molecule has 1 amide bonds. The van der Waals surface area contributed by atoms with Crippen LogP contribution in [0.1, 0.15) is 49.4 Å². The predicted molar refractivity (Wildman–Crippen MR) is 104 cm³/mol. The maximum absolute atomic E-state index is 14.3. The number of carbonyl (C=O) groups is 1. The molecule has 156 valence electrons. The molecule has 0 heterocycles. The van der Waals surface area contributed by atoms with E-state index in [1.807, 2.05) is 0 Å². The summed E-state index contributed by atoms with van der Waals surface area (Å²) in [5.74, 6) is -5.66. The third-order valence-electron chi connectivity index (χ3n) is 4.89. The molecule has 0 aromatic heterocycles. The van der Waals surface area contributed by atoms with Gasteiger partial charge in [-0.1, -0.05) is 12.8 Å². The van der Waals surface area contributed by atoms with Crippen LogP contribution >= 0.6 is 11.8 Å². The molecule has 0 unspecified atom stereocenters. The van der Waals surface area contributed by atoms with Crippen LogP contribution in [0.25, 0.3) is 0 Å². The molecule has 1 aliphatic rings. The molecule has 3 nitrogen and oxygen atoms in total. The first kappa shape index (κ1) is 21.6. The molecular formula is C21H21F4NO2S. The molecule has 2 N–H and O–H groups in total. The number of halogens is 4. The summed E-state index contributed by atoms with van der Waals surface area (Å²) in [6, 6.07) is 5.11. The van der Waals surface area contributed by atoms with E-state index in [1.54, 1.807) is 6.92 Å². The summed E-state index contributed by atoms with van der Waals surface area (Å²) in [5, 5.41) is 12.7. The van der Waals surface area contributed by atoms with E-state index >= 15 is 0 Å². The number of aliphatic hydroxyl groups is 1. The van der Waals surface area contributed by atoms with Crippen LogP contribution in [-0.2, 0) is 0 Å². The zero-order chi connectivity index (χ0) is 21.2. The molecule has 1 aliphatic carbocycles. The molecule has 29 heavy (non-hydrogen) atoms. The van der Waals surface area contributed by atoms with Gasteiger partial charge in [0.25, 0.3) is 5.91 Å². The Balaban J connectivity index is 1.77. The number of anilines is 1. The van der Waals surface area contributed by atoms with Gasteiger partial charge >= 0.3 is 0 Å². The molecular weight excluding hydrogens is 406 g/mol. The van der Waals surface area contributed by atoms with Gasteiger partial charge in [-0.25, -0.2) is 17.6 Å². The minimum Gasteiger partial charge on any atom is -0.390 e. The van der Waals surface area contributed by atoms with Crippen molar-refractivity contribution in [1.82, 2.24) is 0 Å². The Kier molecular flexibility index (Phi) is 6.53. The minimum absolute atomic E-state index is 0.000557. The molecule has 2 aromatic rings. The number of thioether (sulfide) groups is 1. The van der Waals surface area contributed by atoms with Gasteiger partial charge in [-0.3, -0.25) is 4.79 Å². The summed E-state index contributed by atoms with van der Waals surface area (Å²) in [6.07, 6.45) is 3.86. The van der Waals surface area contributed by atoms with Gasteiger partial charge in [0.1, 0.15) is 5.82 Å². The standard InChI is InChI=1S/C21H21F4NO2S/c1-21(28)7-3-2-4-14(11-21)29-18-8-12(5-6-15(18)22)20(27)26-13-9-16(23)19(25)17(24)10-13/h5-6,8-10,14,28H,2-4,7,11H2,1H3,(H,26,27)/t14-,21+/m1/s1.